The number of carbonyl (C=O) groups excluding carboxylic acids is 1. The van der Waals surface area contributed by atoms with Gasteiger partial charge in [-0.1, -0.05) is 45.7 Å². The van der Waals surface area contributed by atoms with Crippen molar-refractivity contribution in [2.75, 3.05) is 12.4 Å². The predicted molar refractivity (Wildman–Crippen MR) is 124 cm³/mol. The topological polar surface area (TPSA) is 62.1 Å². The summed E-state index contributed by atoms with van der Waals surface area (Å²) >= 11 is 9.46. The number of hydrogen-bond donors (Lipinski definition) is 1. The number of benzene rings is 3. The van der Waals surface area contributed by atoms with Crippen molar-refractivity contribution in [1.82, 2.24) is 0 Å². The molecule has 1 N–H and O–H groups in total. The maximum atomic E-state index is 13.5. The lowest BCUT2D eigenvalue weighted by Gasteiger charge is -2.13. The molecule has 0 radical (unpaired) electrons. The van der Waals surface area contributed by atoms with Crippen molar-refractivity contribution in [3.63, 3.8) is 0 Å². The summed E-state index contributed by atoms with van der Waals surface area (Å²) in [6, 6.07) is 18.4. The largest absolute Gasteiger partial charge is 0.496 e. The summed E-state index contributed by atoms with van der Waals surface area (Å²) in [7, 11) is 1.53. The average molecular weight is 500 g/mol. The molecule has 31 heavy (non-hydrogen) atoms. The molecule has 0 spiro atoms. The lowest BCUT2D eigenvalue weighted by atomic mass is 10.0. The zero-order valence-corrected chi connectivity index (χ0v) is 18.8. The van der Waals surface area contributed by atoms with Gasteiger partial charge < -0.3 is 10.1 Å². The van der Waals surface area contributed by atoms with Gasteiger partial charge in [0.2, 0.25) is 0 Å². The van der Waals surface area contributed by atoms with Crippen molar-refractivity contribution in [3.05, 3.63) is 98.2 Å². The Labute approximate surface area is 193 Å². The second-order valence-electron chi connectivity index (χ2n) is 6.62. The minimum absolute atomic E-state index is 0.0770. The van der Waals surface area contributed by atoms with Crippen molar-refractivity contribution >= 4 is 45.2 Å². The normalized spacial score (nSPS) is 11.0. The Morgan fingerprint density at radius 2 is 2.00 bits per heavy atom. The number of carbonyl (C=O) groups is 1. The summed E-state index contributed by atoms with van der Waals surface area (Å²) in [4.78, 5) is 12.5. The van der Waals surface area contributed by atoms with E-state index in [2.05, 4.69) is 21.2 Å². The van der Waals surface area contributed by atoms with Crippen molar-refractivity contribution in [2.45, 2.75) is 6.42 Å². The Balaban J connectivity index is 1.89. The Morgan fingerprint density at radius 1 is 1.23 bits per heavy atom. The molecule has 0 unspecified atom stereocenters. The second-order valence-corrected chi connectivity index (χ2v) is 7.92. The highest BCUT2D eigenvalue weighted by Gasteiger charge is 2.14. The summed E-state index contributed by atoms with van der Waals surface area (Å²) in [6.45, 7) is 0. The Kier molecular flexibility index (Phi) is 7.45. The highest BCUT2D eigenvalue weighted by molar-refractivity contribution is 9.10. The third-order valence-corrected chi connectivity index (χ3v) is 5.37. The first kappa shape index (κ1) is 22.5. The summed E-state index contributed by atoms with van der Waals surface area (Å²) in [6.07, 6.45) is 1.92. The monoisotopic (exact) mass is 498 g/mol. The van der Waals surface area contributed by atoms with Gasteiger partial charge in [0.1, 0.15) is 23.2 Å². The van der Waals surface area contributed by atoms with E-state index in [-0.39, 0.29) is 11.4 Å². The van der Waals surface area contributed by atoms with Crippen LogP contribution in [0.15, 0.2) is 70.7 Å². The first-order valence-corrected chi connectivity index (χ1v) is 10.4. The van der Waals surface area contributed by atoms with Crippen LogP contribution in [0.1, 0.15) is 16.7 Å². The number of halogens is 3. The van der Waals surface area contributed by atoms with Gasteiger partial charge in [-0.15, -0.1) is 0 Å². The zero-order chi connectivity index (χ0) is 22.4. The van der Waals surface area contributed by atoms with Gasteiger partial charge in [-0.05, 0) is 59.7 Å². The molecule has 3 rings (SSSR count). The fourth-order valence-electron chi connectivity index (χ4n) is 3.00. The van der Waals surface area contributed by atoms with Gasteiger partial charge in [0.25, 0.3) is 5.91 Å². The minimum atomic E-state index is -0.552. The molecule has 0 aliphatic heterocycles. The van der Waals surface area contributed by atoms with Crippen LogP contribution in [0.2, 0.25) is 5.02 Å². The van der Waals surface area contributed by atoms with Crippen molar-refractivity contribution < 1.29 is 13.9 Å². The number of hydrogen-bond acceptors (Lipinski definition) is 3. The quantitative estimate of drug-likeness (QED) is 0.316. The molecule has 3 aromatic rings. The molecule has 7 heteroatoms. The molecule has 0 aliphatic carbocycles. The molecular formula is C24H17BrClFN2O2. The highest BCUT2D eigenvalue weighted by Crippen LogP contribution is 2.32. The molecule has 1 amide bonds. The van der Waals surface area contributed by atoms with Gasteiger partial charge in [-0.3, -0.25) is 4.79 Å². The van der Waals surface area contributed by atoms with Crippen LogP contribution >= 0.6 is 27.5 Å². The second kappa shape index (κ2) is 10.3. The number of nitriles is 1. The van der Waals surface area contributed by atoms with Crippen LogP contribution in [0.5, 0.6) is 5.75 Å². The molecule has 0 saturated carbocycles. The van der Waals surface area contributed by atoms with Gasteiger partial charge in [-0.25, -0.2) is 4.39 Å². The molecule has 0 aliphatic rings. The number of methoxy groups -OCH3 is 1. The van der Waals surface area contributed by atoms with Crippen molar-refractivity contribution in [3.8, 4) is 11.8 Å². The van der Waals surface area contributed by atoms with Crippen LogP contribution in [0.4, 0.5) is 10.1 Å². The van der Waals surface area contributed by atoms with E-state index >= 15 is 0 Å². The number of anilines is 1. The summed E-state index contributed by atoms with van der Waals surface area (Å²) in [5.41, 5.74) is 2.63. The van der Waals surface area contributed by atoms with Crippen LogP contribution in [0, 0.1) is 17.1 Å². The summed E-state index contributed by atoms with van der Waals surface area (Å²) in [5, 5.41) is 12.6. The summed E-state index contributed by atoms with van der Waals surface area (Å²) in [5.74, 6) is -0.308. The van der Waals surface area contributed by atoms with E-state index in [9.17, 15) is 14.4 Å². The molecule has 0 fully saturated rings. The van der Waals surface area contributed by atoms with Crippen LogP contribution in [0.25, 0.3) is 6.08 Å². The molecule has 4 nitrogen and oxygen atoms in total. The molecular weight excluding hydrogens is 483 g/mol. The van der Waals surface area contributed by atoms with Gasteiger partial charge in [0.15, 0.2) is 0 Å². The Morgan fingerprint density at radius 3 is 2.68 bits per heavy atom. The lowest BCUT2D eigenvalue weighted by Crippen LogP contribution is -2.13. The maximum Gasteiger partial charge on any atom is 0.266 e. The smallest absolute Gasteiger partial charge is 0.266 e. The van der Waals surface area contributed by atoms with Crippen LogP contribution < -0.4 is 10.1 Å². The van der Waals surface area contributed by atoms with Crippen LogP contribution in [-0.2, 0) is 11.2 Å². The van der Waals surface area contributed by atoms with E-state index < -0.39 is 5.91 Å². The van der Waals surface area contributed by atoms with Gasteiger partial charge in [0.05, 0.1) is 7.11 Å². The highest BCUT2D eigenvalue weighted by atomic mass is 79.9. The van der Waals surface area contributed by atoms with E-state index in [4.69, 9.17) is 16.3 Å². The number of rotatable bonds is 6. The molecule has 0 aromatic heterocycles. The van der Waals surface area contributed by atoms with E-state index in [1.165, 1.54) is 25.3 Å². The van der Waals surface area contributed by atoms with Crippen LogP contribution in [0.3, 0.4) is 0 Å². The predicted octanol–water partition coefficient (Wildman–Crippen LogP) is 6.39. The van der Waals surface area contributed by atoms with E-state index in [1.807, 2.05) is 12.1 Å². The number of nitrogens with one attached hydrogen (secondary N) is 1. The fraction of sp³-hybridized carbons (Fsp3) is 0.0833. The zero-order valence-electron chi connectivity index (χ0n) is 16.5. The van der Waals surface area contributed by atoms with E-state index in [1.54, 1.807) is 42.5 Å². The minimum Gasteiger partial charge on any atom is -0.496 e. The fourth-order valence-corrected chi connectivity index (χ4v) is 3.79. The van der Waals surface area contributed by atoms with Gasteiger partial charge >= 0.3 is 0 Å². The maximum absolute atomic E-state index is 13.5. The number of ether oxygens (including phenoxy) is 1. The molecule has 0 bridgehead atoms. The first-order chi connectivity index (χ1) is 14.9. The number of nitrogens with zero attached hydrogens (tertiary/aromatic N) is 1. The van der Waals surface area contributed by atoms with Crippen molar-refractivity contribution in [1.29, 1.82) is 5.26 Å². The first-order valence-electron chi connectivity index (χ1n) is 9.19. The average Bonchev–Trinajstić information content (AvgIpc) is 2.73. The third kappa shape index (κ3) is 5.94. The Bertz CT molecular complexity index is 1200. The molecule has 0 heterocycles. The SMILES string of the molecule is COc1cc(/C=C(\C#N)C(=O)Nc2cccc(Cl)c2)cc(Br)c1Cc1cccc(F)c1. The third-order valence-electron chi connectivity index (χ3n) is 4.43. The van der Waals surface area contributed by atoms with Gasteiger partial charge in [0, 0.05) is 27.2 Å². The molecule has 3 aromatic carbocycles. The standard InChI is InChI=1S/C24H17BrClFN2O2/c1-31-23-12-16(11-22(25)21(23)10-15-4-2-6-19(27)9-15)8-17(14-28)24(30)29-20-7-3-5-18(26)13-20/h2-9,11-13H,10H2,1H3,(H,29,30)/b17-8+. The van der Waals surface area contributed by atoms with Gasteiger partial charge in [-0.2, -0.15) is 5.26 Å². The lowest BCUT2D eigenvalue weighted by molar-refractivity contribution is -0.112. The van der Waals surface area contributed by atoms with E-state index in [0.717, 1.165) is 15.6 Å². The molecule has 156 valence electrons. The molecule has 0 saturated heterocycles. The van der Waals surface area contributed by atoms with Crippen molar-refractivity contribution in [2.24, 2.45) is 0 Å². The molecule has 0 atom stereocenters. The Hall–Kier alpha value is -3.14. The van der Waals surface area contributed by atoms with Crippen LogP contribution in [-0.4, -0.2) is 13.0 Å². The summed E-state index contributed by atoms with van der Waals surface area (Å²) < 4.78 is 19.7. The number of amides is 1. The van der Waals surface area contributed by atoms with E-state index in [0.29, 0.717) is 28.4 Å².